The van der Waals surface area contributed by atoms with E-state index in [0.717, 1.165) is 16.9 Å². The fraction of sp³-hybridized carbons (Fsp3) is 0.250. The third kappa shape index (κ3) is 3.91. The number of carbonyl (C=O) groups excluding carboxylic acids is 1. The van der Waals surface area contributed by atoms with Crippen LogP contribution in [0.3, 0.4) is 0 Å². The monoisotopic (exact) mass is 349 g/mol. The standard InChI is InChI=1S/C20H23N5O/c1-15(17-8-10-18(11-9-17)25-14-6-13-22-25)23-20(26)24(3)16(2)19-7-4-5-12-21-19/h4-16H,1-3H3,(H,23,26). The van der Waals surface area contributed by atoms with E-state index < -0.39 is 0 Å². The normalized spacial score (nSPS) is 13.0. The van der Waals surface area contributed by atoms with Gasteiger partial charge in [0.1, 0.15) is 0 Å². The second-order valence-electron chi connectivity index (χ2n) is 6.25. The summed E-state index contributed by atoms with van der Waals surface area (Å²) in [6.07, 6.45) is 5.38. The molecule has 6 nitrogen and oxygen atoms in total. The highest BCUT2D eigenvalue weighted by Gasteiger charge is 2.20. The lowest BCUT2D eigenvalue weighted by Crippen LogP contribution is -2.40. The van der Waals surface area contributed by atoms with Crippen molar-refractivity contribution in [3.8, 4) is 5.69 Å². The Labute approximate surface area is 153 Å². The molecule has 26 heavy (non-hydrogen) atoms. The third-order valence-electron chi connectivity index (χ3n) is 4.52. The van der Waals surface area contributed by atoms with Gasteiger partial charge in [0.25, 0.3) is 0 Å². The average Bonchev–Trinajstić information content (AvgIpc) is 3.22. The number of amides is 2. The molecule has 0 radical (unpaired) electrons. The van der Waals surface area contributed by atoms with Crippen LogP contribution in [0, 0.1) is 0 Å². The van der Waals surface area contributed by atoms with Crippen LogP contribution in [0.15, 0.2) is 67.1 Å². The van der Waals surface area contributed by atoms with E-state index in [1.54, 1.807) is 29.0 Å². The maximum Gasteiger partial charge on any atom is 0.318 e. The van der Waals surface area contributed by atoms with Crippen molar-refractivity contribution >= 4 is 6.03 Å². The molecule has 2 heterocycles. The quantitative estimate of drug-likeness (QED) is 0.763. The highest BCUT2D eigenvalue weighted by atomic mass is 16.2. The molecule has 0 bridgehead atoms. The highest BCUT2D eigenvalue weighted by Crippen LogP contribution is 2.19. The minimum absolute atomic E-state index is 0.104. The molecule has 0 aliphatic heterocycles. The second kappa shape index (κ2) is 7.82. The van der Waals surface area contributed by atoms with Crippen molar-refractivity contribution in [1.29, 1.82) is 0 Å². The number of carbonyl (C=O) groups is 1. The number of nitrogens with one attached hydrogen (secondary N) is 1. The minimum Gasteiger partial charge on any atom is -0.331 e. The van der Waals surface area contributed by atoms with Crippen molar-refractivity contribution in [3.63, 3.8) is 0 Å². The van der Waals surface area contributed by atoms with E-state index >= 15 is 0 Å². The molecule has 2 unspecified atom stereocenters. The molecular weight excluding hydrogens is 326 g/mol. The molecule has 6 heteroatoms. The first-order valence-electron chi connectivity index (χ1n) is 8.60. The molecule has 0 saturated carbocycles. The number of nitrogens with zero attached hydrogens (tertiary/aromatic N) is 4. The molecule has 3 rings (SSSR count). The van der Waals surface area contributed by atoms with Gasteiger partial charge >= 0.3 is 6.03 Å². The van der Waals surface area contributed by atoms with Crippen LogP contribution >= 0.6 is 0 Å². The van der Waals surface area contributed by atoms with Gasteiger partial charge in [0, 0.05) is 25.6 Å². The Hall–Kier alpha value is -3.15. The molecule has 2 aromatic heterocycles. The molecule has 0 fully saturated rings. The zero-order chi connectivity index (χ0) is 18.5. The molecule has 134 valence electrons. The Morgan fingerprint density at radius 2 is 1.85 bits per heavy atom. The molecule has 1 N–H and O–H groups in total. The summed E-state index contributed by atoms with van der Waals surface area (Å²) in [6, 6.07) is 15.2. The van der Waals surface area contributed by atoms with Crippen LogP contribution in [0.2, 0.25) is 0 Å². The maximum absolute atomic E-state index is 12.6. The summed E-state index contributed by atoms with van der Waals surface area (Å²) in [5.41, 5.74) is 2.88. The number of benzene rings is 1. The lowest BCUT2D eigenvalue weighted by Gasteiger charge is -2.26. The predicted octanol–water partition coefficient (Wildman–Crippen LogP) is 3.73. The minimum atomic E-state index is -0.133. The first kappa shape index (κ1) is 17.7. The summed E-state index contributed by atoms with van der Waals surface area (Å²) < 4.78 is 1.80. The molecule has 0 saturated heterocycles. The zero-order valence-electron chi connectivity index (χ0n) is 15.2. The van der Waals surface area contributed by atoms with Gasteiger partial charge in [0.15, 0.2) is 0 Å². The molecule has 0 aliphatic carbocycles. The van der Waals surface area contributed by atoms with Crippen molar-refractivity contribution in [2.75, 3.05) is 7.05 Å². The second-order valence-corrected chi connectivity index (χ2v) is 6.25. The third-order valence-corrected chi connectivity index (χ3v) is 4.52. The Kier molecular flexibility index (Phi) is 5.31. The molecule has 0 spiro atoms. The van der Waals surface area contributed by atoms with Gasteiger partial charge < -0.3 is 10.2 Å². The molecule has 2 amide bonds. The van der Waals surface area contributed by atoms with Gasteiger partial charge in [-0.25, -0.2) is 9.48 Å². The van der Waals surface area contributed by atoms with E-state index in [1.165, 1.54) is 0 Å². The highest BCUT2D eigenvalue weighted by molar-refractivity contribution is 5.74. The Morgan fingerprint density at radius 3 is 2.46 bits per heavy atom. The summed E-state index contributed by atoms with van der Waals surface area (Å²) in [7, 11) is 1.78. The van der Waals surface area contributed by atoms with Crippen LogP contribution < -0.4 is 5.32 Å². The fourth-order valence-corrected chi connectivity index (χ4v) is 2.71. The van der Waals surface area contributed by atoms with Gasteiger partial charge in [-0.05, 0) is 49.7 Å². The lowest BCUT2D eigenvalue weighted by atomic mass is 10.1. The van der Waals surface area contributed by atoms with Gasteiger partial charge in [-0.1, -0.05) is 18.2 Å². The lowest BCUT2D eigenvalue weighted by molar-refractivity contribution is 0.190. The Bertz CT molecular complexity index is 830. The number of aromatic nitrogens is 3. The van der Waals surface area contributed by atoms with Crippen molar-refractivity contribution in [2.24, 2.45) is 0 Å². The number of hydrogen-bond donors (Lipinski definition) is 1. The molecule has 2 atom stereocenters. The molecular formula is C20H23N5O. The van der Waals surface area contributed by atoms with Crippen molar-refractivity contribution in [1.82, 2.24) is 25.0 Å². The smallest absolute Gasteiger partial charge is 0.318 e. The molecule has 3 aromatic rings. The van der Waals surface area contributed by atoms with Crippen LogP contribution in [-0.2, 0) is 0 Å². The number of rotatable bonds is 5. The van der Waals surface area contributed by atoms with E-state index in [-0.39, 0.29) is 18.1 Å². The number of pyridine rings is 1. The topological polar surface area (TPSA) is 63.1 Å². The largest absolute Gasteiger partial charge is 0.331 e. The van der Waals surface area contributed by atoms with Crippen LogP contribution in [-0.4, -0.2) is 32.7 Å². The Balaban J connectivity index is 1.63. The first-order valence-corrected chi connectivity index (χ1v) is 8.60. The average molecular weight is 349 g/mol. The summed E-state index contributed by atoms with van der Waals surface area (Å²) in [4.78, 5) is 18.6. The van der Waals surface area contributed by atoms with Gasteiger partial charge in [0.05, 0.1) is 23.5 Å². The van der Waals surface area contributed by atoms with Crippen LogP contribution in [0.5, 0.6) is 0 Å². The van der Waals surface area contributed by atoms with E-state index in [1.807, 2.05) is 68.6 Å². The predicted molar refractivity (Wildman–Crippen MR) is 101 cm³/mol. The number of urea groups is 1. The Morgan fingerprint density at radius 1 is 1.08 bits per heavy atom. The van der Waals surface area contributed by atoms with Crippen molar-refractivity contribution in [3.05, 3.63) is 78.4 Å². The molecule has 1 aromatic carbocycles. The fourth-order valence-electron chi connectivity index (χ4n) is 2.71. The van der Waals surface area contributed by atoms with Gasteiger partial charge in [-0.15, -0.1) is 0 Å². The molecule has 0 aliphatic rings. The summed E-state index contributed by atoms with van der Waals surface area (Å²) in [5, 5.41) is 7.25. The van der Waals surface area contributed by atoms with Gasteiger partial charge in [0.2, 0.25) is 0 Å². The van der Waals surface area contributed by atoms with Crippen molar-refractivity contribution in [2.45, 2.75) is 25.9 Å². The van der Waals surface area contributed by atoms with Crippen LogP contribution in [0.4, 0.5) is 4.79 Å². The number of hydrogen-bond acceptors (Lipinski definition) is 3. The van der Waals surface area contributed by atoms with Crippen molar-refractivity contribution < 1.29 is 4.79 Å². The van der Waals surface area contributed by atoms with E-state index in [4.69, 9.17) is 0 Å². The maximum atomic E-state index is 12.6. The van der Waals surface area contributed by atoms with E-state index in [0.29, 0.717) is 0 Å². The van der Waals surface area contributed by atoms with Crippen LogP contribution in [0.25, 0.3) is 5.69 Å². The summed E-state index contributed by atoms with van der Waals surface area (Å²) >= 11 is 0. The van der Waals surface area contributed by atoms with Gasteiger partial charge in [-0.3, -0.25) is 4.98 Å². The zero-order valence-corrected chi connectivity index (χ0v) is 15.2. The first-order chi connectivity index (χ1) is 12.6. The summed E-state index contributed by atoms with van der Waals surface area (Å²) in [6.45, 7) is 3.94. The SMILES string of the molecule is CC(NC(=O)N(C)C(C)c1ccccn1)c1ccc(-n2cccn2)cc1. The van der Waals surface area contributed by atoms with Gasteiger partial charge in [-0.2, -0.15) is 5.10 Å². The van der Waals surface area contributed by atoms with E-state index in [2.05, 4.69) is 15.4 Å². The van der Waals surface area contributed by atoms with Crippen LogP contribution in [0.1, 0.15) is 37.2 Å². The summed E-state index contributed by atoms with van der Waals surface area (Å²) in [5.74, 6) is 0. The van der Waals surface area contributed by atoms with E-state index in [9.17, 15) is 4.79 Å².